The molecule has 1 aromatic heterocycles. The Morgan fingerprint density at radius 3 is 2.61 bits per heavy atom. The van der Waals surface area contributed by atoms with Gasteiger partial charge in [-0.2, -0.15) is 0 Å². The van der Waals surface area contributed by atoms with Crippen molar-refractivity contribution in [3.8, 4) is 0 Å². The van der Waals surface area contributed by atoms with E-state index in [1.165, 1.54) is 5.57 Å². The normalized spacial score (nSPS) is 20.0. The quantitative estimate of drug-likeness (QED) is 0.809. The van der Waals surface area contributed by atoms with Crippen molar-refractivity contribution < 1.29 is 4.74 Å². The van der Waals surface area contributed by atoms with Gasteiger partial charge in [-0.15, -0.1) is 0 Å². The minimum Gasteiger partial charge on any atom is -0.379 e. The number of hydrogen-bond donors (Lipinski definition) is 1. The van der Waals surface area contributed by atoms with Gasteiger partial charge >= 0.3 is 0 Å². The van der Waals surface area contributed by atoms with E-state index in [4.69, 9.17) is 14.7 Å². The maximum absolute atomic E-state index is 5.49. The molecule has 0 spiro atoms. The van der Waals surface area contributed by atoms with E-state index < -0.39 is 0 Å². The average molecular weight is 417 g/mol. The summed E-state index contributed by atoms with van der Waals surface area (Å²) in [4.78, 5) is 18.9. The highest BCUT2D eigenvalue weighted by molar-refractivity contribution is 6.05. The summed E-state index contributed by atoms with van der Waals surface area (Å²) < 4.78 is 5.49. The Bertz CT molecular complexity index is 1000. The predicted octanol–water partition coefficient (Wildman–Crippen LogP) is 2.94. The van der Waals surface area contributed by atoms with Crippen LogP contribution < -0.4 is 10.2 Å². The Balaban J connectivity index is 1.35. The van der Waals surface area contributed by atoms with Gasteiger partial charge in [0.15, 0.2) is 5.82 Å². The minimum atomic E-state index is 0.573. The van der Waals surface area contributed by atoms with Gasteiger partial charge in [-0.3, -0.25) is 9.89 Å². The molecule has 0 bridgehead atoms. The lowest BCUT2D eigenvalue weighted by Gasteiger charge is -2.47. The number of amidine groups is 1. The van der Waals surface area contributed by atoms with E-state index in [2.05, 4.69) is 45.2 Å². The molecule has 3 aliphatic heterocycles. The average Bonchev–Trinajstić information content (AvgIpc) is 3.17. The second kappa shape index (κ2) is 8.99. The molecule has 0 amide bonds. The van der Waals surface area contributed by atoms with E-state index in [-0.39, 0.29) is 0 Å². The number of anilines is 2. The van der Waals surface area contributed by atoms with Crippen LogP contribution in [0.1, 0.15) is 18.3 Å². The van der Waals surface area contributed by atoms with Gasteiger partial charge in [-0.05, 0) is 30.2 Å². The molecule has 4 heterocycles. The van der Waals surface area contributed by atoms with Gasteiger partial charge in [0.05, 0.1) is 19.8 Å². The maximum Gasteiger partial charge on any atom is 0.156 e. The molecule has 160 valence electrons. The van der Waals surface area contributed by atoms with Crippen LogP contribution in [0.15, 0.2) is 53.0 Å². The highest BCUT2D eigenvalue weighted by atomic mass is 16.5. The second-order valence-electron chi connectivity index (χ2n) is 8.24. The van der Waals surface area contributed by atoms with Crippen LogP contribution in [-0.4, -0.2) is 72.7 Å². The number of aliphatic imine (C=N–C) groups is 1. The summed E-state index contributed by atoms with van der Waals surface area (Å²) in [6.45, 7) is 8.51. The molecule has 5 rings (SSSR count). The minimum absolute atomic E-state index is 0.573. The molecule has 0 atom stereocenters. The summed E-state index contributed by atoms with van der Waals surface area (Å²) in [5.74, 6) is 3.28. The predicted molar refractivity (Wildman–Crippen MR) is 125 cm³/mol. The van der Waals surface area contributed by atoms with E-state index in [1.54, 1.807) is 0 Å². The largest absolute Gasteiger partial charge is 0.379 e. The van der Waals surface area contributed by atoms with Gasteiger partial charge in [-0.1, -0.05) is 36.4 Å². The van der Waals surface area contributed by atoms with E-state index in [0.717, 1.165) is 69.0 Å². The Labute approximate surface area is 183 Å². The fourth-order valence-corrected chi connectivity index (χ4v) is 4.05. The van der Waals surface area contributed by atoms with E-state index in [1.807, 2.05) is 36.4 Å². The zero-order chi connectivity index (χ0) is 21.0. The number of rotatable bonds is 5. The van der Waals surface area contributed by atoms with Gasteiger partial charge in [0.1, 0.15) is 17.5 Å². The van der Waals surface area contributed by atoms with Crippen LogP contribution in [0.5, 0.6) is 0 Å². The van der Waals surface area contributed by atoms with Crippen LogP contribution >= 0.6 is 0 Å². The number of morpholine rings is 1. The van der Waals surface area contributed by atoms with Crippen LogP contribution in [0, 0.1) is 0 Å². The molecule has 0 saturated carbocycles. The number of nitrogens with one attached hydrogen (secondary N) is 1. The molecule has 2 saturated heterocycles. The van der Waals surface area contributed by atoms with Crippen molar-refractivity contribution in [3.05, 3.63) is 59.4 Å². The van der Waals surface area contributed by atoms with Gasteiger partial charge < -0.3 is 15.0 Å². The Kier molecular flexibility index (Phi) is 5.78. The Hall–Kier alpha value is -3.03. The van der Waals surface area contributed by atoms with Crippen LogP contribution in [0.4, 0.5) is 11.6 Å². The molecule has 3 aliphatic rings. The molecule has 7 nitrogen and oxygen atoms in total. The molecular formula is C24H28N6O. The van der Waals surface area contributed by atoms with Crippen molar-refractivity contribution in [3.63, 3.8) is 0 Å². The highest BCUT2D eigenvalue weighted by Crippen LogP contribution is 2.25. The summed E-state index contributed by atoms with van der Waals surface area (Å²) in [5.41, 5.74) is 2.37. The molecule has 2 aromatic rings. The lowest BCUT2D eigenvalue weighted by atomic mass is 10.1. The first-order chi connectivity index (χ1) is 15.2. The van der Waals surface area contributed by atoms with Crippen molar-refractivity contribution in [1.82, 2.24) is 14.9 Å². The first-order valence-corrected chi connectivity index (χ1v) is 10.9. The lowest BCUT2D eigenvalue weighted by molar-refractivity contribution is 0.0104. The van der Waals surface area contributed by atoms with E-state index >= 15 is 0 Å². The third kappa shape index (κ3) is 4.84. The summed E-state index contributed by atoms with van der Waals surface area (Å²) in [7, 11) is 0. The molecule has 1 aromatic carbocycles. The van der Waals surface area contributed by atoms with E-state index in [9.17, 15) is 0 Å². The number of hydrogen-bond acceptors (Lipinski definition) is 7. The zero-order valence-electron chi connectivity index (χ0n) is 17.9. The highest BCUT2D eigenvalue weighted by Gasteiger charge is 2.33. The SMILES string of the molecule is CC1=CC(Nc2cc(N3CC(N4CCOCC4)C3)nc(/C=C/c3ccccc3)n2)=NC1. The monoisotopic (exact) mass is 416 g/mol. The Morgan fingerprint density at radius 1 is 1.06 bits per heavy atom. The van der Waals surface area contributed by atoms with Crippen molar-refractivity contribution in [2.24, 2.45) is 4.99 Å². The molecule has 1 N–H and O–H groups in total. The summed E-state index contributed by atoms with van der Waals surface area (Å²) in [6, 6.07) is 12.8. The van der Waals surface area contributed by atoms with Crippen LogP contribution in [0.2, 0.25) is 0 Å². The van der Waals surface area contributed by atoms with E-state index in [0.29, 0.717) is 11.9 Å². The third-order valence-electron chi connectivity index (χ3n) is 5.84. The fourth-order valence-electron chi connectivity index (χ4n) is 4.05. The van der Waals surface area contributed by atoms with Crippen molar-refractivity contribution >= 4 is 29.6 Å². The molecule has 0 aliphatic carbocycles. The van der Waals surface area contributed by atoms with Crippen LogP contribution in [-0.2, 0) is 4.74 Å². The summed E-state index contributed by atoms with van der Waals surface area (Å²) >= 11 is 0. The van der Waals surface area contributed by atoms with Gasteiger partial charge in [-0.25, -0.2) is 9.97 Å². The van der Waals surface area contributed by atoms with Crippen LogP contribution in [0.3, 0.4) is 0 Å². The third-order valence-corrected chi connectivity index (χ3v) is 5.84. The Morgan fingerprint density at radius 2 is 1.87 bits per heavy atom. The summed E-state index contributed by atoms with van der Waals surface area (Å²) in [5, 5.41) is 3.36. The zero-order valence-corrected chi connectivity index (χ0v) is 17.9. The molecule has 31 heavy (non-hydrogen) atoms. The molecule has 2 fully saturated rings. The first-order valence-electron chi connectivity index (χ1n) is 10.9. The number of nitrogens with zero attached hydrogens (tertiary/aromatic N) is 5. The molecular weight excluding hydrogens is 388 g/mol. The molecule has 0 radical (unpaired) electrons. The topological polar surface area (TPSA) is 65.9 Å². The standard InChI is InChI=1S/C24H28N6O/c1-18-13-22(25-15-18)27-23-14-24(30-16-20(17-30)29-9-11-31-12-10-29)28-21(26-23)8-7-19-5-3-2-4-6-19/h2-8,13-14,20H,9-12,15-17H2,1H3,(H,25,26,27,28)/b8-7+. The lowest BCUT2D eigenvalue weighted by Crippen LogP contribution is -2.61. The van der Waals surface area contributed by atoms with Crippen molar-refractivity contribution in [2.45, 2.75) is 13.0 Å². The molecule has 7 heteroatoms. The number of ether oxygens (including phenoxy) is 1. The molecule has 0 unspecified atom stereocenters. The first kappa shape index (κ1) is 19.9. The smallest absolute Gasteiger partial charge is 0.156 e. The number of aromatic nitrogens is 2. The maximum atomic E-state index is 5.49. The van der Waals surface area contributed by atoms with Gasteiger partial charge in [0.2, 0.25) is 0 Å². The van der Waals surface area contributed by atoms with Crippen molar-refractivity contribution in [1.29, 1.82) is 0 Å². The van der Waals surface area contributed by atoms with Gasteiger partial charge in [0, 0.05) is 38.3 Å². The van der Waals surface area contributed by atoms with Crippen molar-refractivity contribution in [2.75, 3.05) is 56.2 Å². The fraction of sp³-hybridized carbons (Fsp3) is 0.375. The second-order valence-corrected chi connectivity index (χ2v) is 8.24. The van der Waals surface area contributed by atoms with Crippen LogP contribution in [0.25, 0.3) is 12.2 Å². The van der Waals surface area contributed by atoms with Gasteiger partial charge in [0.25, 0.3) is 0 Å². The number of benzene rings is 1. The summed E-state index contributed by atoms with van der Waals surface area (Å²) in [6.07, 6.45) is 6.09.